The number of carbonyl (C=O) groups excluding carboxylic acids is 1. The number of aliphatic carboxylic acids is 1. The van der Waals surface area contributed by atoms with Crippen LogP contribution in [0.4, 0.5) is 13.9 Å². The highest BCUT2D eigenvalue weighted by atomic mass is 32.1. The highest BCUT2D eigenvalue weighted by molar-refractivity contribution is 7.14. The van der Waals surface area contributed by atoms with E-state index in [9.17, 15) is 23.5 Å². The van der Waals surface area contributed by atoms with Crippen molar-refractivity contribution in [2.75, 3.05) is 25.7 Å². The number of benzene rings is 2. The van der Waals surface area contributed by atoms with Crippen molar-refractivity contribution in [3.05, 3.63) is 76.7 Å². The molecule has 0 saturated carbocycles. The maximum atomic E-state index is 13.9. The number of imidazole rings is 1. The number of ether oxygens (including phenoxy) is 2. The average Bonchev–Trinajstić information content (AvgIpc) is 3.66. The van der Waals surface area contributed by atoms with Gasteiger partial charge in [-0.2, -0.15) is 0 Å². The van der Waals surface area contributed by atoms with E-state index in [2.05, 4.69) is 4.98 Å². The molecule has 1 aliphatic carbocycles. The number of aryl methyl sites for hydroxylation is 2. The highest BCUT2D eigenvalue weighted by Crippen LogP contribution is 2.43. The number of carboxylic acids is 1. The summed E-state index contributed by atoms with van der Waals surface area (Å²) >= 11 is 1.22. The molecule has 1 aliphatic rings. The van der Waals surface area contributed by atoms with Crippen LogP contribution in [0.2, 0.25) is 0 Å². The standard InChI is InChI=1S/C30H30F2N4O5S/c1-34-8-9-35(2)26(34)7-10-41-20-5-6-21(25(13-20)40-4)24-17-42-29(33-24)36(3)28(39)30(16-27(37)38)14-18-11-22(31)23(32)12-19(18)15-30/h5-6,8-9,11-13,17H,7,10,14-16H2,1-4H3/p+1. The fourth-order valence-electron chi connectivity index (χ4n) is 5.58. The zero-order valence-electron chi connectivity index (χ0n) is 23.7. The summed E-state index contributed by atoms with van der Waals surface area (Å²) in [4.78, 5) is 31.5. The minimum atomic E-state index is -1.39. The molecular formula is C30H31F2N4O5S+. The number of rotatable bonds is 10. The lowest BCUT2D eigenvalue weighted by atomic mass is 9.80. The Labute approximate surface area is 245 Å². The molecule has 42 heavy (non-hydrogen) atoms. The summed E-state index contributed by atoms with van der Waals surface area (Å²) in [6.45, 7) is 0.475. The summed E-state index contributed by atoms with van der Waals surface area (Å²) < 4.78 is 43.5. The summed E-state index contributed by atoms with van der Waals surface area (Å²) in [6, 6.07) is 7.53. The van der Waals surface area contributed by atoms with E-state index in [-0.39, 0.29) is 12.8 Å². The molecule has 4 aromatic rings. The van der Waals surface area contributed by atoms with Gasteiger partial charge < -0.3 is 14.6 Å². The number of carboxylic acid groups (broad SMARTS) is 1. The molecule has 0 radical (unpaired) electrons. The topological polar surface area (TPSA) is 97.8 Å². The Morgan fingerprint density at radius 3 is 2.48 bits per heavy atom. The van der Waals surface area contributed by atoms with E-state index >= 15 is 0 Å². The lowest BCUT2D eigenvalue weighted by Gasteiger charge is -2.30. The lowest BCUT2D eigenvalue weighted by Crippen LogP contribution is -2.44. The van der Waals surface area contributed by atoms with Crippen molar-refractivity contribution in [2.24, 2.45) is 19.5 Å². The second kappa shape index (κ2) is 11.5. The molecule has 2 heterocycles. The first-order valence-corrected chi connectivity index (χ1v) is 14.1. The van der Waals surface area contributed by atoms with E-state index in [0.717, 1.165) is 24.4 Å². The fourth-order valence-corrected chi connectivity index (χ4v) is 6.37. The monoisotopic (exact) mass is 597 g/mol. The largest absolute Gasteiger partial charge is 0.496 e. The molecule has 220 valence electrons. The van der Waals surface area contributed by atoms with Gasteiger partial charge in [0.05, 0.1) is 51.8 Å². The number of amides is 1. The van der Waals surface area contributed by atoms with E-state index in [1.807, 2.05) is 47.8 Å². The second-order valence-electron chi connectivity index (χ2n) is 10.5. The van der Waals surface area contributed by atoms with Gasteiger partial charge in [0.15, 0.2) is 16.8 Å². The van der Waals surface area contributed by atoms with E-state index in [1.165, 1.54) is 23.3 Å². The van der Waals surface area contributed by atoms with Crippen molar-refractivity contribution < 1.29 is 37.5 Å². The SMILES string of the molecule is COc1cc(OCCc2n(C)cc[n+]2C)ccc1-c1csc(N(C)C(=O)C2(CC(=O)O)Cc3cc(F)c(F)cc3C2)n1. The van der Waals surface area contributed by atoms with Crippen LogP contribution in [0, 0.1) is 17.0 Å². The minimum absolute atomic E-state index is 0.00906. The first kappa shape index (κ1) is 29.2. The number of thiazole rings is 1. The number of methoxy groups -OCH3 is 1. The Hall–Kier alpha value is -4.32. The van der Waals surface area contributed by atoms with Crippen LogP contribution >= 0.6 is 11.3 Å². The smallest absolute Gasteiger partial charge is 0.304 e. The molecule has 5 rings (SSSR count). The number of hydrogen-bond donors (Lipinski definition) is 1. The predicted molar refractivity (Wildman–Crippen MR) is 152 cm³/mol. The fraction of sp³-hybridized carbons (Fsp3) is 0.333. The first-order chi connectivity index (χ1) is 20.0. The summed E-state index contributed by atoms with van der Waals surface area (Å²) in [5.41, 5.74) is 0.742. The van der Waals surface area contributed by atoms with E-state index in [0.29, 0.717) is 45.6 Å². The third-order valence-electron chi connectivity index (χ3n) is 7.70. The van der Waals surface area contributed by atoms with Crippen molar-refractivity contribution in [2.45, 2.75) is 25.7 Å². The van der Waals surface area contributed by atoms with Gasteiger partial charge in [-0.1, -0.05) is 0 Å². The molecular weight excluding hydrogens is 566 g/mol. The van der Waals surface area contributed by atoms with Crippen LogP contribution in [0.5, 0.6) is 11.5 Å². The predicted octanol–water partition coefficient (Wildman–Crippen LogP) is 4.10. The maximum Gasteiger partial charge on any atom is 0.304 e. The quantitative estimate of drug-likeness (QED) is 0.277. The third-order valence-corrected chi connectivity index (χ3v) is 8.62. The molecule has 0 unspecified atom stereocenters. The average molecular weight is 598 g/mol. The molecule has 9 nitrogen and oxygen atoms in total. The number of aromatic nitrogens is 3. The number of fused-ring (bicyclic) bond motifs is 1. The zero-order chi connectivity index (χ0) is 30.2. The highest BCUT2D eigenvalue weighted by Gasteiger charge is 2.48. The van der Waals surface area contributed by atoms with Crippen molar-refractivity contribution in [1.29, 1.82) is 0 Å². The summed E-state index contributed by atoms with van der Waals surface area (Å²) in [6.07, 6.45) is 4.19. The van der Waals surface area contributed by atoms with Crippen molar-refractivity contribution in [1.82, 2.24) is 9.55 Å². The van der Waals surface area contributed by atoms with E-state index < -0.39 is 35.3 Å². The zero-order valence-corrected chi connectivity index (χ0v) is 24.5. The maximum absolute atomic E-state index is 13.9. The third kappa shape index (κ3) is 5.58. The van der Waals surface area contributed by atoms with E-state index in [1.54, 1.807) is 18.6 Å². The van der Waals surface area contributed by atoms with Crippen LogP contribution in [-0.2, 0) is 42.9 Å². The Kier molecular flexibility index (Phi) is 8.00. The van der Waals surface area contributed by atoms with Crippen LogP contribution in [0.3, 0.4) is 0 Å². The molecule has 0 spiro atoms. The molecule has 0 aliphatic heterocycles. The van der Waals surface area contributed by atoms with Gasteiger partial charge in [-0.05, 0) is 48.2 Å². The van der Waals surface area contributed by atoms with Crippen LogP contribution in [0.25, 0.3) is 11.3 Å². The van der Waals surface area contributed by atoms with Gasteiger partial charge >= 0.3 is 5.97 Å². The number of hydrogen-bond acceptors (Lipinski definition) is 6. The van der Waals surface area contributed by atoms with Gasteiger partial charge in [0, 0.05) is 24.1 Å². The molecule has 2 aromatic carbocycles. The Bertz CT molecular complexity index is 1620. The van der Waals surface area contributed by atoms with Crippen LogP contribution in [0.15, 0.2) is 48.1 Å². The molecule has 0 bridgehead atoms. The Morgan fingerprint density at radius 2 is 1.88 bits per heavy atom. The number of carbonyl (C=O) groups is 2. The molecule has 0 fully saturated rings. The number of nitrogens with zero attached hydrogens (tertiary/aromatic N) is 4. The van der Waals surface area contributed by atoms with Crippen molar-refractivity contribution in [3.8, 4) is 22.8 Å². The summed E-state index contributed by atoms with van der Waals surface area (Å²) in [7, 11) is 7.05. The van der Waals surface area contributed by atoms with Gasteiger partial charge in [-0.25, -0.2) is 22.9 Å². The van der Waals surface area contributed by atoms with Crippen LogP contribution in [-0.4, -0.2) is 47.3 Å². The van der Waals surface area contributed by atoms with Gasteiger partial charge in [-0.3, -0.25) is 14.5 Å². The summed E-state index contributed by atoms with van der Waals surface area (Å²) in [5.74, 6) is -1.40. The van der Waals surface area contributed by atoms with Crippen molar-refractivity contribution >= 4 is 28.3 Å². The van der Waals surface area contributed by atoms with Crippen LogP contribution in [0.1, 0.15) is 23.4 Å². The van der Waals surface area contributed by atoms with Gasteiger partial charge in [0.1, 0.15) is 23.9 Å². The molecule has 1 N–H and O–H groups in total. The number of anilines is 1. The van der Waals surface area contributed by atoms with Gasteiger partial charge in [-0.15, -0.1) is 11.3 Å². The first-order valence-electron chi connectivity index (χ1n) is 13.2. The Balaban J connectivity index is 1.33. The molecule has 1 amide bonds. The Morgan fingerprint density at radius 1 is 1.19 bits per heavy atom. The molecule has 0 atom stereocenters. The minimum Gasteiger partial charge on any atom is -0.496 e. The van der Waals surface area contributed by atoms with Gasteiger partial charge in [0.25, 0.3) is 5.82 Å². The molecule has 0 saturated heterocycles. The normalized spacial score (nSPS) is 13.6. The molecule has 12 heteroatoms. The van der Waals surface area contributed by atoms with E-state index in [4.69, 9.17) is 9.47 Å². The van der Waals surface area contributed by atoms with Gasteiger partial charge in [0.2, 0.25) is 5.91 Å². The van der Waals surface area contributed by atoms with Crippen molar-refractivity contribution in [3.63, 3.8) is 0 Å². The van der Waals surface area contributed by atoms with Crippen LogP contribution < -0.4 is 18.9 Å². The molecule has 2 aromatic heterocycles. The lowest BCUT2D eigenvalue weighted by molar-refractivity contribution is -0.678. The second-order valence-corrected chi connectivity index (χ2v) is 11.4. The summed E-state index contributed by atoms with van der Waals surface area (Å²) in [5, 5.41) is 11.8. The number of halogens is 2.